The molecular weight excluding hydrogens is 254 g/mol. The van der Waals surface area contributed by atoms with Crippen molar-refractivity contribution in [2.45, 2.75) is 19.8 Å². The van der Waals surface area contributed by atoms with Gasteiger partial charge in [-0.25, -0.2) is 10.2 Å². The van der Waals surface area contributed by atoms with Crippen molar-refractivity contribution in [1.29, 1.82) is 0 Å². The lowest BCUT2D eigenvalue weighted by molar-refractivity contribution is 0.249. The highest BCUT2D eigenvalue weighted by molar-refractivity contribution is 6.30. The largest absolute Gasteiger partial charge is 0.493 e. The summed E-state index contributed by atoms with van der Waals surface area (Å²) in [4.78, 5) is 10.5. The van der Waals surface area contributed by atoms with Gasteiger partial charge in [0.05, 0.1) is 12.8 Å². The predicted octanol–water partition coefficient (Wildman–Crippen LogP) is 2.52. The number of nitrogens with one attached hydrogen (secondary N) is 1. The number of primary amides is 1. The number of hydrogen-bond donors (Lipinski definition) is 2. The zero-order valence-corrected chi connectivity index (χ0v) is 10.9. The normalized spacial score (nSPS) is 10.6. The molecule has 0 aliphatic carbocycles. The van der Waals surface area contributed by atoms with E-state index in [1.54, 1.807) is 18.2 Å². The Hall–Kier alpha value is -1.75. The fraction of sp³-hybridized carbons (Fsp3) is 0.333. The Balaban J connectivity index is 2.76. The lowest BCUT2D eigenvalue weighted by atomic mass is 10.2. The molecule has 0 saturated carbocycles. The fourth-order valence-corrected chi connectivity index (χ4v) is 1.42. The van der Waals surface area contributed by atoms with Crippen LogP contribution in [0.1, 0.15) is 25.3 Å². The molecule has 0 saturated heterocycles. The van der Waals surface area contributed by atoms with Crippen LogP contribution in [-0.4, -0.2) is 18.9 Å². The summed E-state index contributed by atoms with van der Waals surface area (Å²) in [5.74, 6) is 0.669. The van der Waals surface area contributed by atoms with Crippen molar-refractivity contribution in [1.82, 2.24) is 5.43 Å². The molecular formula is C12H16ClN3O2. The maximum Gasteiger partial charge on any atom is 0.332 e. The van der Waals surface area contributed by atoms with E-state index in [9.17, 15) is 4.79 Å². The molecule has 0 spiro atoms. The third kappa shape index (κ3) is 5.05. The van der Waals surface area contributed by atoms with Gasteiger partial charge in [-0.1, -0.05) is 24.9 Å². The van der Waals surface area contributed by atoms with Crippen LogP contribution in [0.4, 0.5) is 4.79 Å². The summed E-state index contributed by atoms with van der Waals surface area (Å²) in [5.41, 5.74) is 7.71. The molecule has 0 aliphatic rings. The third-order valence-electron chi connectivity index (χ3n) is 2.11. The van der Waals surface area contributed by atoms with Gasteiger partial charge in [0.1, 0.15) is 5.75 Å². The Bertz CT molecular complexity index is 435. The zero-order chi connectivity index (χ0) is 13.4. The highest BCUT2D eigenvalue weighted by Gasteiger charge is 2.02. The van der Waals surface area contributed by atoms with Gasteiger partial charge in [0.2, 0.25) is 0 Å². The molecule has 0 fully saturated rings. The van der Waals surface area contributed by atoms with Gasteiger partial charge in [0.15, 0.2) is 0 Å². The second kappa shape index (κ2) is 7.55. The number of urea groups is 1. The van der Waals surface area contributed by atoms with Crippen LogP contribution in [0.3, 0.4) is 0 Å². The molecule has 3 N–H and O–H groups in total. The minimum Gasteiger partial charge on any atom is -0.493 e. The molecule has 6 heteroatoms. The highest BCUT2D eigenvalue weighted by Crippen LogP contribution is 2.21. The van der Waals surface area contributed by atoms with E-state index < -0.39 is 6.03 Å². The first-order valence-corrected chi connectivity index (χ1v) is 6.02. The predicted molar refractivity (Wildman–Crippen MR) is 72.2 cm³/mol. The monoisotopic (exact) mass is 269 g/mol. The van der Waals surface area contributed by atoms with Crippen LogP contribution in [0.25, 0.3) is 0 Å². The van der Waals surface area contributed by atoms with Gasteiger partial charge in [0.25, 0.3) is 0 Å². The first-order chi connectivity index (χ1) is 8.63. The molecule has 0 aromatic heterocycles. The summed E-state index contributed by atoms with van der Waals surface area (Å²) in [7, 11) is 0. The summed E-state index contributed by atoms with van der Waals surface area (Å²) < 4.78 is 5.60. The van der Waals surface area contributed by atoms with Gasteiger partial charge in [-0.3, -0.25) is 0 Å². The molecule has 0 heterocycles. The number of nitrogens with two attached hydrogens (primary N) is 1. The molecule has 0 unspecified atom stereocenters. The van der Waals surface area contributed by atoms with Crippen LogP contribution in [0.15, 0.2) is 23.3 Å². The third-order valence-corrected chi connectivity index (χ3v) is 2.34. The summed E-state index contributed by atoms with van der Waals surface area (Å²) in [6, 6.07) is 4.49. The Morgan fingerprint density at radius 2 is 2.39 bits per heavy atom. The molecule has 1 rings (SSSR count). The summed E-state index contributed by atoms with van der Waals surface area (Å²) in [6.07, 6.45) is 3.47. The molecule has 0 radical (unpaired) electrons. The second-order valence-corrected chi connectivity index (χ2v) is 4.05. The van der Waals surface area contributed by atoms with Crippen molar-refractivity contribution in [3.8, 4) is 5.75 Å². The second-order valence-electron chi connectivity index (χ2n) is 3.62. The van der Waals surface area contributed by atoms with Gasteiger partial charge in [0, 0.05) is 10.6 Å². The average molecular weight is 270 g/mol. The van der Waals surface area contributed by atoms with Crippen molar-refractivity contribution < 1.29 is 9.53 Å². The van der Waals surface area contributed by atoms with E-state index in [1.165, 1.54) is 6.21 Å². The van der Waals surface area contributed by atoms with E-state index in [0.717, 1.165) is 12.8 Å². The number of hydrazone groups is 1. The summed E-state index contributed by atoms with van der Waals surface area (Å²) in [6.45, 7) is 2.71. The number of carbonyl (C=O) groups is 1. The first kappa shape index (κ1) is 14.3. The van der Waals surface area contributed by atoms with Gasteiger partial charge in [-0.05, 0) is 24.6 Å². The van der Waals surface area contributed by atoms with Crippen molar-refractivity contribution in [3.63, 3.8) is 0 Å². The van der Waals surface area contributed by atoms with Gasteiger partial charge < -0.3 is 10.5 Å². The lowest BCUT2D eigenvalue weighted by Crippen LogP contribution is -2.24. The standard InChI is InChI=1S/C12H16ClN3O2/c1-2-3-6-18-11-5-4-10(13)7-9(11)8-15-16-12(14)17/h4-5,7-8H,2-3,6H2,1H3,(H3,14,16,17). The number of carbonyl (C=O) groups excluding carboxylic acids is 1. The number of halogens is 1. The van der Waals surface area contributed by atoms with Crippen molar-refractivity contribution >= 4 is 23.8 Å². The Morgan fingerprint density at radius 3 is 3.06 bits per heavy atom. The number of nitrogens with zero attached hydrogens (tertiary/aromatic N) is 1. The first-order valence-electron chi connectivity index (χ1n) is 5.64. The molecule has 0 bridgehead atoms. The summed E-state index contributed by atoms with van der Waals surface area (Å²) >= 11 is 5.89. The number of benzene rings is 1. The molecule has 18 heavy (non-hydrogen) atoms. The van der Waals surface area contributed by atoms with E-state index >= 15 is 0 Å². The van der Waals surface area contributed by atoms with Crippen molar-refractivity contribution in [3.05, 3.63) is 28.8 Å². The molecule has 1 aromatic rings. The maximum atomic E-state index is 10.5. The molecule has 98 valence electrons. The Kier molecular flexibility index (Phi) is 6.00. The lowest BCUT2D eigenvalue weighted by Gasteiger charge is -2.08. The maximum absolute atomic E-state index is 10.5. The minimum absolute atomic E-state index is 0.568. The van der Waals surface area contributed by atoms with Gasteiger partial charge in [-0.2, -0.15) is 5.10 Å². The van der Waals surface area contributed by atoms with Crippen LogP contribution in [0, 0.1) is 0 Å². The van der Waals surface area contributed by atoms with Crippen molar-refractivity contribution in [2.75, 3.05) is 6.61 Å². The molecule has 1 aromatic carbocycles. The molecule has 5 nitrogen and oxygen atoms in total. The quantitative estimate of drug-likeness (QED) is 0.473. The summed E-state index contributed by atoms with van der Waals surface area (Å²) in [5, 5.41) is 4.25. The highest BCUT2D eigenvalue weighted by atomic mass is 35.5. The van der Waals surface area contributed by atoms with Crippen LogP contribution < -0.4 is 15.9 Å². The Morgan fingerprint density at radius 1 is 1.61 bits per heavy atom. The van der Waals surface area contributed by atoms with E-state index in [1.807, 2.05) is 0 Å². The van der Waals surface area contributed by atoms with Crippen LogP contribution in [0.2, 0.25) is 5.02 Å². The number of amides is 2. The number of unbranched alkanes of at least 4 members (excludes halogenated alkanes) is 1. The number of rotatable bonds is 6. The number of hydrogen-bond acceptors (Lipinski definition) is 3. The van der Waals surface area contributed by atoms with E-state index in [0.29, 0.717) is 22.9 Å². The molecule has 2 amide bonds. The van der Waals surface area contributed by atoms with E-state index in [4.69, 9.17) is 22.1 Å². The topological polar surface area (TPSA) is 76.7 Å². The SMILES string of the molecule is CCCCOc1ccc(Cl)cc1C=NNC(N)=O. The number of ether oxygens (including phenoxy) is 1. The Labute approximate surface area is 111 Å². The van der Waals surface area contributed by atoms with Crippen molar-refractivity contribution in [2.24, 2.45) is 10.8 Å². The van der Waals surface area contributed by atoms with Crippen LogP contribution >= 0.6 is 11.6 Å². The van der Waals surface area contributed by atoms with E-state index in [-0.39, 0.29) is 0 Å². The smallest absolute Gasteiger partial charge is 0.332 e. The average Bonchev–Trinajstić information content (AvgIpc) is 2.31. The fourth-order valence-electron chi connectivity index (χ4n) is 1.24. The van der Waals surface area contributed by atoms with E-state index in [2.05, 4.69) is 17.5 Å². The molecule has 0 atom stereocenters. The zero-order valence-electron chi connectivity index (χ0n) is 10.1. The minimum atomic E-state index is -0.721. The van der Waals surface area contributed by atoms with Crippen LogP contribution in [-0.2, 0) is 0 Å². The molecule has 0 aliphatic heterocycles. The van der Waals surface area contributed by atoms with Crippen LogP contribution in [0.5, 0.6) is 5.75 Å². The van der Waals surface area contributed by atoms with Gasteiger partial charge >= 0.3 is 6.03 Å². The van der Waals surface area contributed by atoms with Gasteiger partial charge in [-0.15, -0.1) is 0 Å².